The molecular formula is C18H16N2O4. The van der Waals surface area contributed by atoms with Crippen LogP contribution in [0.15, 0.2) is 47.3 Å². The fraction of sp³-hybridized carbons (Fsp3) is 0.167. The van der Waals surface area contributed by atoms with Gasteiger partial charge >= 0.3 is 5.97 Å². The van der Waals surface area contributed by atoms with Gasteiger partial charge in [-0.2, -0.15) is 0 Å². The Morgan fingerprint density at radius 2 is 1.92 bits per heavy atom. The van der Waals surface area contributed by atoms with Crippen LogP contribution < -0.4 is 10.3 Å². The summed E-state index contributed by atoms with van der Waals surface area (Å²) in [6.07, 6.45) is 0. The lowest BCUT2D eigenvalue weighted by atomic mass is 10.1. The van der Waals surface area contributed by atoms with Crippen LogP contribution in [-0.4, -0.2) is 23.0 Å². The molecule has 24 heavy (non-hydrogen) atoms. The van der Waals surface area contributed by atoms with Gasteiger partial charge in [-0.1, -0.05) is 12.1 Å². The van der Waals surface area contributed by atoms with Gasteiger partial charge in [0.2, 0.25) is 0 Å². The highest BCUT2D eigenvalue weighted by molar-refractivity contribution is 5.89. The minimum Gasteiger partial charge on any atom is -0.497 e. The Balaban J connectivity index is 1.78. The third-order valence-corrected chi connectivity index (χ3v) is 3.65. The van der Waals surface area contributed by atoms with E-state index in [-0.39, 0.29) is 12.2 Å². The lowest BCUT2D eigenvalue weighted by Crippen LogP contribution is -2.15. The van der Waals surface area contributed by atoms with Crippen LogP contribution in [-0.2, 0) is 11.3 Å². The van der Waals surface area contributed by atoms with E-state index < -0.39 is 5.97 Å². The average Bonchev–Trinajstić information content (AvgIpc) is 2.60. The number of esters is 1. The molecule has 1 aromatic heterocycles. The van der Waals surface area contributed by atoms with Crippen molar-refractivity contribution < 1.29 is 14.3 Å². The van der Waals surface area contributed by atoms with Crippen LogP contribution in [0.25, 0.3) is 10.9 Å². The van der Waals surface area contributed by atoms with Crippen LogP contribution in [0.2, 0.25) is 0 Å². The van der Waals surface area contributed by atoms with E-state index in [0.29, 0.717) is 28.0 Å². The second-order valence-electron chi connectivity index (χ2n) is 5.29. The molecule has 0 saturated carbocycles. The summed E-state index contributed by atoms with van der Waals surface area (Å²) in [5.74, 6) is 0.469. The van der Waals surface area contributed by atoms with Crippen molar-refractivity contribution in [1.29, 1.82) is 0 Å². The van der Waals surface area contributed by atoms with Crippen LogP contribution in [0.1, 0.15) is 21.7 Å². The Hall–Kier alpha value is -3.15. The molecule has 6 nitrogen and oxygen atoms in total. The summed E-state index contributed by atoms with van der Waals surface area (Å²) in [6, 6.07) is 12.0. The number of H-pyrrole nitrogens is 1. The largest absolute Gasteiger partial charge is 0.497 e. The summed E-state index contributed by atoms with van der Waals surface area (Å²) >= 11 is 0. The number of carbonyl (C=O) groups excluding carboxylic acids is 1. The topological polar surface area (TPSA) is 81.3 Å². The molecule has 0 aliphatic rings. The van der Waals surface area contributed by atoms with Crippen LogP contribution >= 0.6 is 0 Å². The van der Waals surface area contributed by atoms with Crippen LogP contribution in [0, 0.1) is 6.92 Å². The third kappa shape index (κ3) is 3.12. The van der Waals surface area contributed by atoms with Gasteiger partial charge < -0.3 is 14.5 Å². The van der Waals surface area contributed by atoms with Crippen molar-refractivity contribution in [1.82, 2.24) is 9.97 Å². The van der Waals surface area contributed by atoms with E-state index in [1.165, 1.54) is 0 Å². The van der Waals surface area contributed by atoms with Gasteiger partial charge in [-0.15, -0.1) is 0 Å². The van der Waals surface area contributed by atoms with Crippen LogP contribution in [0.3, 0.4) is 0 Å². The van der Waals surface area contributed by atoms with E-state index in [1.54, 1.807) is 43.5 Å². The van der Waals surface area contributed by atoms with Crippen molar-refractivity contribution in [2.24, 2.45) is 0 Å². The molecule has 1 N–H and O–H groups in total. The zero-order valence-corrected chi connectivity index (χ0v) is 13.3. The minimum atomic E-state index is -0.495. The fourth-order valence-corrected chi connectivity index (χ4v) is 2.36. The van der Waals surface area contributed by atoms with Gasteiger partial charge in [0.15, 0.2) is 0 Å². The first-order valence-corrected chi connectivity index (χ1v) is 7.38. The summed E-state index contributed by atoms with van der Waals surface area (Å²) in [5, 5.41) is 0.514. The number of aryl methyl sites for hydroxylation is 1. The minimum absolute atomic E-state index is 0.107. The number of ether oxygens (including phenoxy) is 2. The SMILES string of the molecule is COc1ccc(C(=O)OCc2nc3c(C)cccc3c(=O)[nH]2)cc1. The number of nitrogens with one attached hydrogen (secondary N) is 1. The fourth-order valence-electron chi connectivity index (χ4n) is 2.36. The van der Waals surface area contributed by atoms with Crippen LogP contribution in [0.4, 0.5) is 0 Å². The van der Waals surface area contributed by atoms with Crippen molar-refractivity contribution in [3.8, 4) is 5.75 Å². The van der Waals surface area contributed by atoms with Crippen molar-refractivity contribution in [3.05, 3.63) is 69.8 Å². The molecular weight excluding hydrogens is 308 g/mol. The van der Waals surface area contributed by atoms with Gasteiger partial charge in [0.05, 0.1) is 23.6 Å². The number of rotatable bonds is 4. The first kappa shape index (κ1) is 15.7. The molecule has 1 heterocycles. The molecule has 0 spiro atoms. The number of benzene rings is 2. The number of hydrogen-bond donors (Lipinski definition) is 1. The summed E-state index contributed by atoms with van der Waals surface area (Å²) in [6.45, 7) is 1.77. The van der Waals surface area contributed by atoms with Gasteiger partial charge in [-0.3, -0.25) is 4.79 Å². The maximum absolute atomic E-state index is 12.1. The first-order chi connectivity index (χ1) is 11.6. The predicted molar refractivity (Wildman–Crippen MR) is 89.2 cm³/mol. The molecule has 0 amide bonds. The molecule has 0 bridgehead atoms. The van der Waals surface area contributed by atoms with E-state index >= 15 is 0 Å². The quantitative estimate of drug-likeness (QED) is 0.746. The van der Waals surface area contributed by atoms with E-state index in [2.05, 4.69) is 9.97 Å². The number of nitrogens with zero attached hydrogens (tertiary/aromatic N) is 1. The van der Waals surface area contributed by atoms with Gasteiger partial charge in [-0.25, -0.2) is 9.78 Å². The number of methoxy groups -OCH3 is 1. The number of carbonyl (C=O) groups is 1. The molecule has 0 aliphatic carbocycles. The Labute approximate surface area is 138 Å². The van der Waals surface area contributed by atoms with Gasteiger partial charge in [-0.05, 0) is 42.8 Å². The Kier molecular flexibility index (Phi) is 4.29. The Morgan fingerprint density at radius 1 is 1.17 bits per heavy atom. The highest BCUT2D eigenvalue weighted by Gasteiger charge is 2.10. The maximum atomic E-state index is 12.1. The molecule has 6 heteroatoms. The first-order valence-electron chi connectivity index (χ1n) is 7.38. The number of aromatic nitrogens is 2. The lowest BCUT2D eigenvalue weighted by molar-refractivity contribution is 0.0462. The normalized spacial score (nSPS) is 10.6. The monoisotopic (exact) mass is 324 g/mol. The summed E-state index contributed by atoms with van der Waals surface area (Å²) in [7, 11) is 1.55. The molecule has 2 aromatic carbocycles. The van der Waals surface area contributed by atoms with Crippen molar-refractivity contribution in [2.75, 3.05) is 7.11 Å². The molecule has 0 saturated heterocycles. The zero-order valence-electron chi connectivity index (χ0n) is 13.3. The molecule has 122 valence electrons. The zero-order chi connectivity index (χ0) is 17.1. The molecule has 0 aliphatic heterocycles. The van der Waals surface area contributed by atoms with Gasteiger partial charge in [0.25, 0.3) is 5.56 Å². The van der Waals surface area contributed by atoms with E-state index in [4.69, 9.17) is 9.47 Å². The predicted octanol–water partition coefficient (Wildman–Crippen LogP) is 2.60. The van der Waals surface area contributed by atoms with E-state index in [0.717, 1.165) is 5.56 Å². The Morgan fingerprint density at radius 3 is 2.62 bits per heavy atom. The van der Waals surface area contributed by atoms with E-state index in [9.17, 15) is 9.59 Å². The van der Waals surface area contributed by atoms with E-state index in [1.807, 2.05) is 13.0 Å². The number of aromatic amines is 1. The summed E-state index contributed by atoms with van der Waals surface area (Å²) < 4.78 is 10.3. The second kappa shape index (κ2) is 6.54. The van der Waals surface area contributed by atoms with Gasteiger partial charge in [0.1, 0.15) is 18.2 Å². The van der Waals surface area contributed by atoms with Crippen molar-refractivity contribution in [3.63, 3.8) is 0 Å². The molecule has 3 aromatic rings. The highest BCUT2D eigenvalue weighted by atomic mass is 16.5. The number of para-hydroxylation sites is 1. The lowest BCUT2D eigenvalue weighted by Gasteiger charge is -2.07. The van der Waals surface area contributed by atoms with Crippen molar-refractivity contribution in [2.45, 2.75) is 13.5 Å². The standard InChI is InChI=1S/C18H16N2O4/c1-11-4-3-5-14-16(11)19-15(20-17(14)21)10-24-18(22)12-6-8-13(23-2)9-7-12/h3-9H,10H2,1-2H3,(H,19,20,21). The maximum Gasteiger partial charge on any atom is 0.338 e. The van der Waals surface area contributed by atoms with Crippen LogP contribution in [0.5, 0.6) is 5.75 Å². The molecule has 0 fully saturated rings. The van der Waals surface area contributed by atoms with Crippen molar-refractivity contribution >= 4 is 16.9 Å². The Bertz CT molecular complexity index is 945. The summed E-state index contributed by atoms with van der Waals surface area (Å²) in [4.78, 5) is 31.2. The number of hydrogen-bond acceptors (Lipinski definition) is 5. The highest BCUT2D eigenvalue weighted by Crippen LogP contribution is 2.14. The summed E-state index contributed by atoms with van der Waals surface area (Å²) in [5.41, 5.74) is 1.65. The van der Waals surface area contributed by atoms with Gasteiger partial charge in [0, 0.05) is 0 Å². The molecule has 0 atom stereocenters. The smallest absolute Gasteiger partial charge is 0.338 e. The average molecular weight is 324 g/mol. The second-order valence-corrected chi connectivity index (χ2v) is 5.29. The molecule has 0 radical (unpaired) electrons. The molecule has 0 unspecified atom stereocenters. The molecule has 3 rings (SSSR count). The third-order valence-electron chi connectivity index (χ3n) is 3.65. The number of fused-ring (bicyclic) bond motifs is 1.